The fourth-order valence-corrected chi connectivity index (χ4v) is 3.19. The Morgan fingerprint density at radius 2 is 2.25 bits per heavy atom. The van der Waals surface area contributed by atoms with E-state index in [-0.39, 0.29) is 0 Å². The summed E-state index contributed by atoms with van der Waals surface area (Å²) in [6.45, 7) is 2.90. The summed E-state index contributed by atoms with van der Waals surface area (Å²) in [5.41, 5.74) is 0. The summed E-state index contributed by atoms with van der Waals surface area (Å²) in [7, 11) is 0. The van der Waals surface area contributed by atoms with Gasteiger partial charge in [0.1, 0.15) is 5.82 Å². The Hall–Kier alpha value is -0.460. The molecular formula is C10H9Br2N3S. The van der Waals surface area contributed by atoms with Crippen LogP contribution in [0.15, 0.2) is 26.6 Å². The van der Waals surface area contributed by atoms with Gasteiger partial charge >= 0.3 is 0 Å². The predicted molar refractivity (Wildman–Crippen MR) is 74.9 cm³/mol. The lowest BCUT2D eigenvalue weighted by Gasteiger charge is -2.02. The molecule has 2 heterocycles. The van der Waals surface area contributed by atoms with Gasteiger partial charge in [0, 0.05) is 17.2 Å². The van der Waals surface area contributed by atoms with Crippen molar-refractivity contribution in [3.05, 3.63) is 26.6 Å². The molecule has 0 unspecified atom stereocenters. The summed E-state index contributed by atoms with van der Waals surface area (Å²) in [5.74, 6) is 1.60. The molecular weight excluding hydrogens is 354 g/mol. The van der Waals surface area contributed by atoms with E-state index in [1.807, 2.05) is 19.1 Å². The zero-order valence-corrected chi connectivity index (χ0v) is 12.5. The summed E-state index contributed by atoms with van der Waals surface area (Å²) in [4.78, 5) is 9.74. The van der Waals surface area contributed by atoms with Crippen LogP contribution in [0.3, 0.4) is 0 Å². The van der Waals surface area contributed by atoms with Crippen LogP contribution in [0.25, 0.3) is 10.7 Å². The summed E-state index contributed by atoms with van der Waals surface area (Å²) in [6, 6.07) is 3.88. The first kappa shape index (κ1) is 12.0. The second-order valence-electron chi connectivity index (χ2n) is 3.03. The maximum absolute atomic E-state index is 4.43. The first-order chi connectivity index (χ1) is 7.70. The predicted octanol–water partition coefficient (Wildman–Crippen LogP) is 4.16. The average Bonchev–Trinajstić information content (AvgIpc) is 2.60. The number of halogens is 2. The molecule has 84 valence electrons. The Kier molecular flexibility index (Phi) is 3.94. The molecule has 2 aromatic heterocycles. The van der Waals surface area contributed by atoms with E-state index in [4.69, 9.17) is 0 Å². The number of nitrogens with one attached hydrogen (secondary N) is 1. The van der Waals surface area contributed by atoms with E-state index in [1.165, 1.54) is 0 Å². The van der Waals surface area contributed by atoms with Gasteiger partial charge < -0.3 is 5.32 Å². The van der Waals surface area contributed by atoms with E-state index in [1.54, 1.807) is 17.5 Å². The molecule has 0 aromatic carbocycles. The van der Waals surface area contributed by atoms with Crippen molar-refractivity contribution in [1.82, 2.24) is 9.97 Å². The lowest BCUT2D eigenvalue weighted by Crippen LogP contribution is -2.00. The molecule has 1 N–H and O–H groups in total. The number of aromatic nitrogens is 2. The highest BCUT2D eigenvalue weighted by atomic mass is 79.9. The Morgan fingerprint density at radius 1 is 1.44 bits per heavy atom. The topological polar surface area (TPSA) is 37.8 Å². The standard InChI is InChI=1S/C10H9Br2N3S/c1-2-13-8-3-4-14-10(15-8)7-5-6(11)9(12)16-7/h3-5H,2H2,1H3,(H,13,14,15). The van der Waals surface area contributed by atoms with Crippen LogP contribution in [-0.2, 0) is 0 Å². The Bertz CT molecular complexity index is 479. The molecule has 0 bridgehead atoms. The molecule has 3 nitrogen and oxygen atoms in total. The molecule has 0 atom stereocenters. The summed E-state index contributed by atoms with van der Waals surface area (Å²) in [6.07, 6.45) is 1.77. The number of nitrogens with zero attached hydrogens (tertiary/aromatic N) is 2. The SMILES string of the molecule is CCNc1ccnc(-c2cc(Br)c(Br)s2)n1. The van der Waals surface area contributed by atoms with Crippen molar-refractivity contribution in [1.29, 1.82) is 0 Å². The van der Waals surface area contributed by atoms with Crippen LogP contribution in [0.1, 0.15) is 6.92 Å². The molecule has 0 aliphatic heterocycles. The van der Waals surface area contributed by atoms with Crippen molar-refractivity contribution in [2.24, 2.45) is 0 Å². The average molecular weight is 363 g/mol. The molecule has 0 aliphatic rings. The largest absolute Gasteiger partial charge is 0.370 e. The number of anilines is 1. The molecule has 0 saturated carbocycles. The van der Waals surface area contributed by atoms with Crippen molar-refractivity contribution in [3.63, 3.8) is 0 Å². The van der Waals surface area contributed by atoms with Gasteiger partial charge in [-0.3, -0.25) is 0 Å². The quantitative estimate of drug-likeness (QED) is 0.890. The van der Waals surface area contributed by atoms with Gasteiger partial charge in [0.05, 0.1) is 8.66 Å². The molecule has 0 spiro atoms. The fourth-order valence-electron chi connectivity index (χ4n) is 1.21. The summed E-state index contributed by atoms with van der Waals surface area (Å²) in [5, 5.41) is 3.17. The molecule has 0 saturated heterocycles. The van der Waals surface area contributed by atoms with Gasteiger partial charge in [-0.1, -0.05) is 0 Å². The molecule has 6 heteroatoms. The van der Waals surface area contributed by atoms with Crippen molar-refractivity contribution < 1.29 is 0 Å². The Balaban J connectivity index is 2.36. The Morgan fingerprint density at radius 3 is 2.88 bits per heavy atom. The monoisotopic (exact) mass is 361 g/mol. The summed E-state index contributed by atoms with van der Waals surface area (Å²) < 4.78 is 2.09. The molecule has 0 fully saturated rings. The van der Waals surface area contributed by atoms with Crippen molar-refractivity contribution in [3.8, 4) is 10.7 Å². The molecule has 2 rings (SSSR count). The van der Waals surface area contributed by atoms with Gasteiger partial charge in [-0.15, -0.1) is 11.3 Å². The van der Waals surface area contributed by atoms with Crippen LogP contribution < -0.4 is 5.32 Å². The lowest BCUT2D eigenvalue weighted by atomic mass is 10.4. The second kappa shape index (κ2) is 5.25. The van der Waals surface area contributed by atoms with Crippen LogP contribution in [0, 0.1) is 0 Å². The number of hydrogen-bond acceptors (Lipinski definition) is 4. The molecule has 0 radical (unpaired) electrons. The highest BCUT2D eigenvalue weighted by molar-refractivity contribution is 9.13. The molecule has 0 amide bonds. The number of rotatable bonds is 3. The third-order valence-corrected chi connectivity index (χ3v) is 5.13. The smallest absolute Gasteiger partial charge is 0.171 e. The van der Waals surface area contributed by atoms with Gasteiger partial charge in [0.25, 0.3) is 0 Å². The molecule has 16 heavy (non-hydrogen) atoms. The minimum atomic E-state index is 0.745. The molecule has 0 aliphatic carbocycles. The van der Waals surface area contributed by atoms with E-state index in [0.717, 1.165) is 31.3 Å². The van der Waals surface area contributed by atoms with Crippen LogP contribution in [0.4, 0.5) is 5.82 Å². The van der Waals surface area contributed by atoms with Gasteiger partial charge in [-0.25, -0.2) is 9.97 Å². The maximum atomic E-state index is 4.43. The fraction of sp³-hybridized carbons (Fsp3) is 0.200. The minimum Gasteiger partial charge on any atom is -0.370 e. The van der Waals surface area contributed by atoms with Crippen LogP contribution in [0.2, 0.25) is 0 Å². The van der Waals surface area contributed by atoms with E-state index in [2.05, 4.69) is 47.1 Å². The van der Waals surface area contributed by atoms with Crippen LogP contribution >= 0.6 is 43.2 Å². The first-order valence-electron chi connectivity index (χ1n) is 4.73. The third kappa shape index (κ3) is 2.61. The number of thiophene rings is 1. The third-order valence-electron chi connectivity index (χ3n) is 1.88. The first-order valence-corrected chi connectivity index (χ1v) is 7.13. The van der Waals surface area contributed by atoms with Crippen LogP contribution in [-0.4, -0.2) is 16.5 Å². The number of hydrogen-bond donors (Lipinski definition) is 1. The zero-order valence-electron chi connectivity index (χ0n) is 8.50. The van der Waals surface area contributed by atoms with Gasteiger partial charge in [0.15, 0.2) is 5.82 Å². The molecule has 2 aromatic rings. The highest BCUT2D eigenvalue weighted by Gasteiger charge is 2.09. The van der Waals surface area contributed by atoms with Gasteiger partial charge in [-0.05, 0) is 50.9 Å². The zero-order chi connectivity index (χ0) is 11.5. The van der Waals surface area contributed by atoms with E-state index in [0.29, 0.717) is 0 Å². The van der Waals surface area contributed by atoms with Crippen molar-refractivity contribution in [2.45, 2.75) is 6.92 Å². The van der Waals surface area contributed by atoms with Gasteiger partial charge in [-0.2, -0.15) is 0 Å². The van der Waals surface area contributed by atoms with Crippen LogP contribution in [0.5, 0.6) is 0 Å². The Labute approximate surface area is 115 Å². The maximum Gasteiger partial charge on any atom is 0.171 e. The highest BCUT2D eigenvalue weighted by Crippen LogP contribution is 2.36. The van der Waals surface area contributed by atoms with Gasteiger partial charge in [0.2, 0.25) is 0 Å². The van der Waals surface area contributed by atoms with E-state index >= 15 is 0 Å². The second-order valence-corrected chi connectivity index (χ2v) is 6.25. The lowest BCUT2D eigenvalue weighted by molar-refractivity contribution is 1.12. The van der Waals surface area contributed by atoms with Crippen molar-refractivity contribution >= 4 is 49.0 Å². The van der Waals surface area contributed by atoms with Crippen molar-refractivity contribution in [2.75, 3.05) is 11.9 Å². The normalized spacial score (nSPS) is 10.4. The summed E-state index contributed by atoms with van der Waals surface area (Å²) >= 11 is 8.53. The van der Waals surface area contributed by atoms with E-state index in [9.17, 15) is 0 Å². The van der Waals surface area contributed by atoms with E-state index < -0.39 is 0 Å². The minimum absolute atomic E-state index is 0.745.